The molecule has 1 aliphatic carbocycles. The standard InChI is InChI=1S/C14H31N3O3S/c1-6-8-15-9-7-10-17(4)21(18,19)16-12-11-13(20-5)14(12,2)3/h12-13,15-16H,6-11H2,1-5H3. The van der Waals surface area contributed by atoms with Crippen LogP contribution in [-0.2, 0) is 14.9 Å². The number of nitrogens with zero attached hydrogens (tertiary/aromatic N) is 1. The van der Waals surface area contributed by atoms with Crippen LogP contribution in [0.15, 0.2) is 0 Å². The first-order valence-corrected chi connectivity index (χ1v) is 9.16. The first-order valence-electron chi connectivity index (χ1n) is 7.72. The average Bonchev–Trinajstić information content (AvgIpc) is 2.42. The minimum absolute atomic E-state index is 0.0619. The van der Waals surface area contributed by atoms with Gasteiger partial charge in [-0.15, -0.1) is 0 Å². The number of rotatable bonds is 10. The van der Waals surface area contributed by atoms with Crippen LogP contribution in [0.2, 0.25) is 0 Å². The quantitative estimate of drug-likeness (QED) is 0.588. The summed E-state index contributed by atoms with van der Waals surface area (Å²) >= 11 is 0. The molecule has 0 aromatic rings. The molecule has 2 atom stereocenters. The normalized spacial score (nSPS) is 25.0. The van der Waals surface area contributed by atoms with Crippen LogP contribution in [0, 0.1) is 5.41 Å². The zero-order chi connectivity index (χ0) is 16.1. The van der Waals surface area contributed by atoms with Gasteiger partial charge in [0.05, 0.1) is 6.10 Å². The third-order valence-corrected chi connectivity index (χ3v) is 6.00. The predicted molar refractivity (Wildman–Crippen MR) is 85.4 cm³/mol. The van der Waals surface area contributed by atoms with Crippen molar-refractivity contribution in [1.29, 1.82) is 0 Å². The van der Waals surface area contributed by atoms with E-state index in [4.69, 9.17) is 4.74 Å². The largest absolute Gasteiger partial charge is 0.381 e. The summed E-state index contributed by atoms with van der Waals surface area (Å²) in [6.07, 6.45) is 2.75. The van der Waals surface area contributed by atoms with Crippen LogP contribution in [0.1, 0.15) is 40.0 Å². The molecule has 0 heterocycles. The first kappa shape index (κ1) is 18.8. The smallest absolute Gasteiger partial charge is 0.279 e. The van der Waals surface area contributed by atoms with E-state index in [1.165, 1.54) is 4.31 Å². The van der Waals surface area contributed by atoms with Crippen molar-refractivity contribution < 1.29 is 13.2 Å². The van der Waals surface area contributed by atoms with Crippen LogP contribution in [-0.4, -0.2) is 58.7 Å². The van der Waals surface area contributed by atoms with E-state index >= 15 is 0 Å². The molecule has 7 heteroatoms. The van der Waals surface area contributed by atoms with Crippen molar-refractivity contribution in [1.82, 2.24) is 14.3 Å². The molecule has 126 valence electrons. The van der Waals surface area contributed by atoms with Crippen molar-refractivity contribution in [3.63, 3.8) is 0 Å². The molecule has 2 N–H and O–H groups in total. The van der Waals surface area contributed by atoms with Gasteiger partial charge in [-0.3, -0.25) is 0 Å². The maximum atomic E-state index is 12.3. The Morgan fingerprint density at radius 1 is 1.33 bits per heavy atom. The molecule has 0 aromatic heterocycles. The third-order valence-electron chi connectivity index (χ3n) is 4.42. The molecular weight excluding hydrogens is 290 g/mol. The Hall–Kier alpha value is -0.210. The van der Waals surface area contributed by atoms with E-state index in [-0.39, 0.29) is 17.6 Å². The summed E-state index contributed by atoms with van der Waals surface area (Å²) < 4.78 is 34.1. The van der Waals surface area contributed by atoms with Gasteiger partial charge in [0.2, 0.25) is 0 Å². The Labute approximate surface area is 129 Å². The fraction of sp³-hybridized carbons (Fsp3) is 1.00. The molecule has 0 spiro atoms. The summed E-state index contributed by atoms with van der Waals surface area (Å²) in [5, 5.41) is 3.27. The molecule has 0 aromatic carbocycles. The molecule has 0 amide bonds. The highest BCUT2D eigenvalue weighted by molar-refractivity contribution is 7.87. The zero-order valence-electron chi connectivity index (χ0n) is 14.0. The van der Waals surface area contributed by atoms with E-state index in [0.717, 1.165) is 32.4 Å². The lowest BCUT2D eigenvalue weighted by Gasteiger charge is -2.51. The summed E-state index contributed by atoms with van der Waals surface area (Å²) in [6.45, 7) is 8.52. The first-order chi connectivity index (χ1) is 9.75. The second-order valence-corrected chi connectivity index (χ2v) is 8.19. The van der Waals surface area contributed by atoms with E-state index in [1.807, 2.05) is 13.8 Å². The number of ether oxygens (including phenoxy) is 1. The molecular formula is C14H31N3O3S. The lowest BCUT2D eigenvalue weighted by molar-refractivity contribution is -0.0911. The van der Waals surface area contributed by atoms with Gasteiger partial charge in [0.25, 0.3) is 10.2 Å². The van der Waals surface area contributed by atoms with Crippen molar-refractivity contribution in [2.45, 2.75) is 52.2 Å². The summed E-state index contributed by atoms with van der Waals surface area (Å²) in [4.78, 5) is 0. The second-order valence-electron chi connectivity index (χ2n) is 6.38. The number of hydrogen-bond acceptors (Lipinski definition) is 4. The van der Waals surface area contributed by atoms with E-state index in [1.54, 1.807) is 14.2 Å². The van der Waals surface area contributed by atoms with Gasteiger partial charge in [-0.1, -0.05) is 20.8 Å². The van der Waals surface area contributed by atoms with Crippen molar-refractivity contribution in [2.24, 2.45) is 5.41 Å². The summed E-state index contributed by atoms with van der Waals surface area (Å²) in [5.41, 5.74) is -0.161. The monoisotopic (exact) mass is 321 g/mol. The van der Waals surface area contributed by atoms with Crippen molar-refractivity contribution >= 4 is 10.2 Å². The summed E-state index contributed by atoms with van der Waals surface area (Å²) in [5.74, 6) is 0. The van der Waals surface area contributed by atoms with E-state index < -0.39 is 10.2 Å². The van der Waals surface area contributed by atoms with Crippen LogP contribution in [0.3, 0.4) is 0 Å². The van der Waals surface area contributed by atoms with Gasteiger partial charge >= 0.3 is 0 Å². The van der Waals surface area contributed by atoms with Crippen molar-refractivity contribution in [2.75, 3.05) is 33.8 Å². The fourth-order valence-corrected chi connectivity index (χ4v) is 3.91. The number of methoxy groups -OCH3 is 1. The van der Waals surface area contributed by atoms with Gasteiger partial charge in [-0.25, -0.2) is 0 Å². The van der Waals surface area contributed by atoms with E-state index in [2.05, 4.69) is 17.0 Å². The highest BCUT2D eigenvalue weighted by Gasteiger charge is 2.50. The third kappa shape index (κ3) is 4.89. The minimum Gasteiger partial charge on any atom is -0.381 e. The lowest BCUT2D eigenvalue weighted by Crippen LogP contribution is -2.63. The lowest BCUT2D eigenvalue weighted by atomic mass is 9.65. The van der Waals surface area contributed by atoms with Gasteiger partial charge in [0.1, 0.15) is 0 Å². The number of nitrogens with one attached hydrogen (secondary N) is 2. The van der Waals surface area contributed by atoms with Crippen LogP contribution < -0.4 is 10.0 Å². The van der Waals surface area contributed by atoms with Gasteiger partial charge in [0.15, 0.2) is 0 Å². The Kier molecular flexibility index (Phi) is 7.06. The highest BCUT2D eigenvalue weighted by Crippen LogP contribution is 2.42. The maximum Gasteiger partial charge on any atom is 0.279 e. The minimum atomic E-state index is -3.42. The van der Waals surface area contributed by atoms with Crippen LogP contribution >= 0.6 is 0 Å². The van der Waals surface area contributed by atoms with Gasteiger partial charge < -0.3 is 10.1 Å². The molecule has 0 bridgehead atoms. The Balaban J connectivity index is 2.39. The van der Waals surface area contributed by atoms with Gasteiger partial charge in [0, 0.05) is 32.2 Å². The molecule has 21 heavy (non-hydrogen) atoms. The summed E-state index contributed by atoms with van der Waals surface area (Å²) in [6, 6.07) is -0.0619. The molecule has 2 unspecified atom stereocenters. The number of hydrogen-bond donors (Lipinski definition) is 2. The zero-order valence-corrected chi connectivity index (χ0v) is 14.8. The van der Waals surface area contributed by atoms with Crippen LogP contribution in [0.5, 0.6) is 0 Å². The SMILES string of the molecule is CCCNCCCN(C)S(=O)(=O)NC1CC(OC)C1(C)C. The molecule has 1 aliphatic rings. The topological polar surface area (TPSA) is 70.7 Å². The Bertz CT molecular complexity index is 412. The van der Waals surface area contributed by atoms with Crippen LogP contribution in [0.4, 0.5) is 0 Å². The van der Waals surface area contributed by atoms with Crippen molar-refractivity contribution in [3.8, 4) is 0 Å². The van der Waals surface area contributed by atoms with E-state index in [9.17, 15) is 8.42 Å². The highest BCUT2D eigenvalue weighted by atomic mass is 32.2. The predicted octanol–water partition coefficient (Wildman–Crippen LogP) is 0.956. The average molecular weight is 321 g/mol. The van der Waals surface area contributed by atoms with Gasteiger partial charge in [-0.05, 0) is 32.4 Å². The maximum absolute atomic E-state index is 12.3. The molecule has 0 radical (unpaired) electrons. The molecule has 0 aliphatic heterocycles. The fourth-order valence-electron chi connectivity index (χ4n) is 2.60. The second kappa shape index (κ2) is 7.87. The summed E-state index contributed by atoms with van der Waals surface area (Å²) in [7, 11) is -0.116. The Morgan fingerprint density at radius 2 is 2.00 bits per heavy atom. The molecule has 0 saturated heterocycles. The molecule has 6 nitrogen and oxygen atoms in total. The van der Waals surface area contributed by atoms with Crippen LogP contribution in [0.25, 0.3) is 0 Å². The van der Waals surface area contributed by atoms with E-state index in [0.29, 0.717) is 6.54 Å². The Morgan fingerprint density at radius 3 is 2.52 bits per heavy atom. The molecule has 1 rings (SSSR count). The van der Waals surface area contributed by atoms with Gasteiger partial charge in [-0.2, -0.15) is 17.4 Å². The molecule has 1 fully saturated rings. The molecule has 1 saturated carbocycles. The van der Waals surface area contributed by atoms with Crippen molar-refractivity contribution in [3.05, 3.63) is 0 Å².